The van der Waals surface area contributed by atoms with Gasteiger partial charge in [0.15, 0.2) is 11.6 Å². The molecule has 0 radical (unpaired) electrons. The van der Waals surface area contributed by atoms with E-state index in [0.717, 1.165) is 14.4 Å². The zero-order chi connectivity index (χ0) is 10.8. The van der Waals surface area contributed by atoms with Crippen molar-refractivity contribution in [2.24, 2.45) is 0 Å². The van der Waals surface area contributed by atoms with Gasteiger partial charge < -0.3 is 0 Å². The van der Waals surface area contributed by atoms with Gasteiger partial charge in [0.05, 0.1) is 14.4 Å². The first-order chi connectivity index (χ1) is 7.16. The van der Waals surface area contributed by atoms with Gasteiger partial charge in [0, 0.05) is 13.1 Å². The van der Waals surface area contributed by atoms with Crippen LogP contribution in [0.2, 0.25) is 0 Å². The minimum atomic E-state index is -0.118. The number of nitrogens with zero attached hydrogens (tertiary/aromatic N) is 2. The maximum Gasteiger partial charge on any atom is 0.196 e. The van der Waals surface area contributed by atoms with E-state index in [0.29, 0.717) is 0 Å². The maximum absolute atomic E-state index is 11.1. The monoisotopic (exact) mass is 282 g/mol. The molecule has 0 bridgehead atoms. The van der Waals surface area contributed by atoms with E-state index < -0.39 is 0 Å². The van der Waals surface area contributed by atoms with Crippen LogP contribution in [0.3, 0.4) is 0 Å². The van der Waals surface area contributed by atoms with Gasteiger partial charge in [-0.25, -0.2) is 9.97 Å². The summed E-state index contributed by atoms with van der Waals surface area (Å²) in [4.78, 5) is 20.2. The molecule has 0 spiro atoms. The molecule has 0 unspecified atom stereocenters. The van der Waals surface area contributed by atoms with Crippen molar-refractivity contribution in [2.45, 2.75) is 6.92 Å². The molecule has 0 N–H and O–H groups in total. The Morgan fingerprint density at radius 3 is 2.80 bits per heavy atom. The summed E-state index contributed by atoms with van der Waals surface area (Å²) in [7, 11) is 0. The highest BCUT2D eigenvalue weighted by Crippen LogP contribution is 2.29. The molecule has 0 aliphatic carbocycles. The molecular formula is C10H7BrN2OS. The molecule has 0 saturated heterocycles. The highest BCUT2D eigenvalue weighted by atomic mass is 79.9. The third-order valence-electron chi connectivity index (χ3n) is 1.80. The third kappa shape index (κ3) is 2.30. The average Bonchev–Trinajstić information content (AvgIpc) is 2.65. The first-order valence-corrected chi connectivity index (χ1v) is 5.87. The summed E-state index contributed by atoms with van der Waals surface area (Å²) >= 11 is 4.96. The predicted molar refractivity (Wildman–Crippen MR) is 63.0 cm³/mol. The summed E-state index contributed by atoms with van der Waals surface area (Å²) < 4.78 is 1.04. The van der Waals surface area contributed by atoms with Crippen LogP contribution >= 0.6 is 27.3 Å². The maximum atomic E-state index is 11.1. The summed E-state index contributed by atoms with van der Waals surface area (Å²) in [5.74, 6) is 0.143. The Morgan fingerprint density at radius 1 is 1.40 bits per heavy atom. The van der Waals surface area contributed by atoms with Crippen LogP contribution < -0.4 is 0 Å². The Bertz CT molecular complexity index is 510. The van der Waals surface area contributed by atoms with Gasteiger partial charge in [0.1, 0.15) is 0 Å². The van der Waals surface area contributed by atoms with Crippen LogP contribution in [0, 0.1) is 0 Å². The second-order valence-electron chi connectivity index (χ2n) is 2.93. The SMILES string of the molecule is CC(=O)c1nccc(-c2ccc(Br)s2)n1. The van der Waals surface area contributed by atoms with Crippen molar-refractivity contribution in [3.63, 3.8) is 0 Å². The highest BCUT2D eigenvalue weighted by molar-refractivity contribution is 9.11. The zero-order valence-corrected chi connectivity index (χ0v) is 10.3. The number of carbonyl (C=O) groups is 1. The number of hydrogen-bond donors (Lipinski definition) is 0. The van der Waals surface area contributed by atoms with Gasteiger partial charge in [-0.15, -0.1) is 11.3 Å². The molecule has 0 fully saturated rings. The average molecular weight is 283 g/mol. The summed E-state index contributed by atoms with van der Waals surface area (Å²) in [6, 6.07) is 5.71. The first kappa shape index (κ1) is 10.4. The quantitative estimate of drug-likeness (QED) is 0.795. The lowest BCUT2D eigenvalue weighted by Gasteiger charge is -1.97. The summed E-state index contributed by atoms with van der Waals surface area (Å²) in [5, 5.41) is 0. The molecule has 0 amide bonds. The van der Waals surface area contributed by atoms with Crippen LogP contribution in [0.25, 0.3) is 10.6 Å². The number of carbonyl (C=O) groups excluding carboxylic acids is 1. The van der Waals surface area contributed by atoms with Crippen molar-refractivity contribution < 1.29 is 4.79 Å². The van der Waals surface area contributed by atoms with E-state index >= 15 is 0 Å². The van der Waals surface area contributed by atoms with Crippen LogP contribution in [0.1, 0.15) is 17.5 Å². The fourth-order valence-electron chi connectivity index (χ4n) is 1.12. The molecule has 0 aliphatic heterocycles. The van der Waals surface area contributed by atoms with Crippen molar-refractivity contribution in [3.8, 4) is 10.6 Å². The topological polar surface area (TPSA) is 42.9 Å². The molecule has 2 aromatic heterocycles. The lowest BCUT2D eigenvalue weighted by Crippen LogP contribution is -2.00. The predicted octanol–water partition coefficient (Wildman–Crippen LogP) is 3.17. The third-order valence-corrected chi connectivity index (χ3v) is 3.44. The van der Waals surface area contributed by atoms with Crippen molar-refractivity contribution in [2.75, 3.05) is 0 Å². The van der Waals surface area contributed by atoms with Gasteiger partial charge in [0.25, 0.3) is 0 Å². The number of hydrogen-bond acceptors (Lipinski definition) is 4. The standard InChI is InChI=1S/C10H7BrN2OS/c1-6(14)10-12-5-4-7(13-10)8-2-3-9(11)15-8/h2-5H,1H3. The minimum Gasteiger partial charge on any atom is -0.291 e. The number of Topliss-reactive ketones (excluding diaryl/α,β-unsaturated/α-hetero) is 1. The van der Waals surface area contributed by atoms with Gasteiger partial charge in [-0.2, -0.15) is 0 Å². The van der Waals surface area contributed by atoms with Crippen molar-refractivity contribution in [3.05, 3.63) is 34.0 Å². The molecule has 3 nitrogen and oxygen atoms in total. The van der Waals surface area contributed by atoms with Gasteiger partial charge in [-0.3, -0.25) is 4.79 Å². The Morgan fingerprint density at radius 2 is 2.20 bits per heavy atom. The van der Waals surface area contributed by atoms with Crippen LogP contribution in [0.5, 0.6) is 0 Å². The molecule has 0 atom stereocenters. The van der Waals surface area contributed by atoms with Crippen LogP contribution in [-0.2, 0) is 0 Å². The Labute approximate surface area is 99.3 Å². The van der Waals surface area contributed by atoms with E-state index in [2.05, 4.69) is 25.9 Å². The van der Waals surface area contributed by atoms with E-state index in [-0.39, 0.29) is 11.6 Å². The van der Waals surface area contributed by atoms with Crippen molar-refractivity contribution >= 4 is 33.0 Å². The van der Waals surface area contributed by atoms with Crippen LogP contribution in [0.15, 0.2) is 28.2 Å². The number of halogens is 1. The van der Waals surface area contributed by atoms with E-state index in [1.165, 1.54) is 6.92 Å². The van der Waals surface area contributed by atoms with E-state index in [9.17, 15) is 4.79 Å². The largest absolute Gasteiger partial charge is 0.291 e. The van der Waals surface area contributed by atoms with Crippen molar-refractivity contribution in [1.29, 1.82) is 0 Å². The number of rotatable bonds is 2. The second-order valence-corrected chi connectivity index (χ2v) is 5.39. The summed E-state index contributed by atoms with van der Waals surface area (Å²) in [6.07, 6.45) is 1.60. The van der Waals surface area contributed by atoms with E-state index in [1.807, 2.05) is 12.1 Å². The summed E-state index contributed by atoms with van der Waals surface area (Å²) in [5.41, 5.74) is 0.783. The van der Waals surface area contributed by atoms with E-state index in [1.54, 1.807) is 23.6 Å². The smallest absolute Gasteiger partial charge is 0.196 e. The van der Waals surface area contributed by atoms with Gasteiger partial charge in [0.2, 0.25) is 0 Å². The summed E-state index contributed by atoms with van der Waals surface area (Å²) in [6.45, 7) is 1.46. The number of thiophene rings is 1. The molecule has 0 aliphatic rings. The molecule has 76 valence electrons. The second kappa shape index (κ2) is 4.20. The zero-order valence-electron chi connectivity index (χ0n) is 7.90. The molecule has 5 heteroatoms. The number of ketones is 1. The molecule has 0 aromatic carbocycles. The minimum absolute atomic E-state index is 0.118. The molecule has 0 saturated carbocycles. The normalized spacial score (nSPS) is 10.3. The Kier molecular flexibility index (Phi) is 2.93. The molecular weight excluding hydrogens is 276 g/mol. The first-order valence-electron chi connectivity index (χ1n) is 4.26. The molecule has 2 rings (SSSR count). The fraction of sp³-hybridized carbons (Fsp3) is 0.100. The lowest BCUT2D eigenvalue weighted by atomic mass is 10.3. The van der Waals surface area contributed by atoms with Gasteiger partial charge >= 0.3 is 0 Å². The lowest BCUT2D eigenvalue weighted by molar-refractivity contribution is 0.100. The Balaban J connectivity index is 2.45. The van der Waals surface area contributed by atoms with E-state index in [4.69, 9.17) is 0 Å². The molecule has 15 heavy (non-hydrogen) atoms. The van der Waals surface area contributed by atoms with Gasteiger partial charge in [-0.1, -0.05) is 0 Å². The van der Waals surface area contributed by atoms with Crippen LogP contribution in [-0.4, -0.2) is 15.8 Å². The molecule has 2 heterocycles. The van der Waals surface area contributed by atoms with Crippen LogP contribution in [0.4, 0.5) is 0 Å². The fourth-order valence-corrected chi connectivity index (χ4v) is 2.47. The van der Waals surface area contributed by atoms with Gasteiger partial charge in [-0.05, 0) is 34.1 Å². The highest BCUT2D eigenvalue weighted by Gasteiger charge is 2.07. The molecule has 2 aromatic rings. The Hall–Kier alpha value is -1.07. The number of aromatic nitrogens is 2. The van der Waals surface area contributed by atoms with Crippen molar-refractivity contribution in [1.82, 2.24) is 9.97 Å².